The molecule has 3 aromatic carbocycles. The predicted molar refractivity (Wildman–Crippen MR) is 114 cm³/mol. The van der Waals surface area contributed by atoms with Gasteiger partial charge >= 0.3 is 0 Å². The molecule has 4 aromatic rings. The van der Waals surface area contributed by atoms with Crippen LogP contribution in [0.4, 0.5) is 5.69 Å². The van der Waals surface area contributed by atoms with E-state index in [2.05, 4.69) is 23.2 Å². The van der Waals surface area contributed by atoms with Crippen molar-refractivity contribution in [3.63, 3.8) is 0 Å². The Kier molecular flexibility index (Phi) is 4.02. The van der Waals surface area contributed by atoms with Gasteiger partial charge in [-0.15, -0.1) is 11.6 Å². The Morgan fingerprint density at radius 1 is 1.11 bits per heavy atom. The number of halogens is 1. The van der Waals surface area contributed by atoms with Crippen LogP contribution in [-0.2, 0) is 6.42 Å². The highest BCUT2D eigenvalue weighted by Gasteiger charge is 2.30. The van der Waals surface area contributed by atoms with Crippen molar-refractivity contribution in [1.82, 2.24) is 4.98 Å². The van der Waals surface area contributed by atoms with E-state index >= 15 is 0 Å². The number of anilines is 1. The van der Waals surface area contributed by atoms with Gasteiger partial charge in [0.05, 0.1) is 12.5 Å². The number of nitrogens with zero attached hydrogens (tertiary/aromatic N) is 1. The molecule has 5 rings (SSSR count). The highest BCUT2D eigenvalue weighted by Crippen LogP contribution is 2.36. The van der Waals surface area contributed by atoms with Crippen molar-refractivity contribution in [1.29, 1.82) is 0 Å². The number of fused-ring (bicyclic) bond motifs is 4. The van der Waals surface area contributed by atoms with Crippen LogP contribution in [0.1, 0.15) is 16.1 Å². The van der Waals surface area contributed by atoms with Crippen molar-refractivity contribution in [2.45, 2.75) is 11.8 Å². The molecule has 1 aliphatic rings. The largest absolute Gasteiger partial charge is 0.497 e. The van der Waals surface area contributed by atoms with Crippen LogP contribution in [0.25, 0.3) is 21.7 Å². The van der Waals surface area contributed by atoms with E-state index in [-0.39, 0.29) is 11.3 Å². The number of carbonyl (C=O) groups is 1. The van der Waals surface area contributed by atoms with Crippen molar-refractivity contribution in [2.75, 3.05) is 18.6 Å². The molecule has 2 heterocycles. The van der Waals surface area contributed by atoms with Gasteiger partial charge in [-0.05, 0) is 53.1 Å². The fourth-order valence-electron chi connectivity index (χ4n) is 4.06. The first-order chi connectivity index (χ1) is 13.6. The molecule has 1 unspecified atom stereocenters. The average molecular weight is 391 g/mol. The summed E-state index contributed by atoms with van der Waals surface area (Å²) in [5, 5.41) is 3.15. The summed E-state index contributed by atoms with van der Waals surface area (Å²) in [4.78, 5) is 18.4. The van der Waals surface area contributed by atoms with Crippen molar-refractivity contribution >= 4 is 44.9 Å². The highest BCUT2D eigenvalue weighted by molar-refractivity contribution is 6.22. The van der Waals surface area contributed by atoms with E-state index in [4.69, 9.17) is 16.3 Å². The number of aromatic nitrogens is 1. The van der Waals surface area contributed by atoms with E-state index in [9.17, 15) is 4.79 Å². The number of benzene rings is 3. The Hall–Kier alpha value is -2.98. The van der Waals surface area contributed by atoms with Gasteiger partial charge in [0.2, 0.25) is 0 Å². The Morgan fingerprint density at radius 2 is 1.96 bits per heavy atom. The second-order valence-electron chi connectivity index (χ2n) is 7.14. The van der Waals surface area contributed by atoms with Crippen LogP contribution in [0.5, 0.6) is 5.75 Å². The second kappa shape index (κ2) is 6.57. The number of rotatable bonds is 2. The molecule has 1 atom stereocenters. The average Bonchev–Trinajstić information content (AvgIpc) is 3.15. The summed E-state index contributed by atoms with van der Waals surface area (Å²) in [6.07, 6.45) is 0.756. The van der Waals surface area contributed by atoms with Gasteiger partial charge in [-0.2, -0.15) is 0 Å². The smallest absolute Gasteiger partial charge is 0.274 e. The molecule has 1 aromatic heterocycles. The zero-order valence-electron chi connectivity index (χ0n) is 15.4. The monoisotopic (exact) mass is 390 g/mol. The van der Waals surface area contributed by atoms with E-state index in [1.165, 1.54) is 0 Å². The molecule has 0 bridgehead atoms. The number of methoxy groups -OCH3 is 1. The normalized spacial score (nSPS) is 16.4. The lowest BCUT2D eigenvalue weighted by Gasteiger charge is -2.32. The predicted octanol–water partition coefficient (Wildman–Crippen LogP) is 5.14. The maximum atomic E-state index is 13.4. The standard InChI is InChI=1S/C23H19ClN2O2/c1-28-17-7-8-20-15(10-17)11-21(25-20)23(27)26-13-16(24)12-19-18-5-3-2-4-14(18)6-9-22(19)26/h2-11,16,25H,12-13H2,1H3. The maximum Gasteiger partial charge on any atom is 0.274 e. The van der Waals surface area contributed by atoms with Crippen LogP contribution in [-0.4, -0.2) is 29.9 Å². The Balaban J connectivity index is 1.60. The van der Waals surface area contributed by atoms with Crippen LogP contribution >= 0.6 is 11.6 Å². The lowest BCUT2D eigenvalue weighted by atomic mass is 9.94. The van der Waals surface area contributed by atoms with E-state index in [1.54, 1.807) is 12.0 Å². The van der Waals surface area contributed by atoms with Gasteiger partial charge in [0.1, 0.15) is 11.4 Å². The van der Waals surface area contributed by atoms with E-state index < -0.39 is 0 Å². The van der Waals surface area contributed by atoms with E-state index in [1.807, 2.05) is 42.5 Å². The van der Waals surface area contributed by atoms with E-state index in [0.717, 1.165) is 45.1 Å². The van der Waals surface area contributed by atoms with Crippen LogP contribution in [0.2, 0.25) is 0 Å². The first kappa shape index (κ1) is 17.1. The molecule has 0 saturated carbocycles. The number of H-pyrrole nitrogens is 1. The third-order valence-corrected chi connectivity index (χ3v) is 5.71. The zero-order chi connectivity index (χ0) is 19.3. The first-order valence-electron chi connectivity index (χ1n) is 9.27. The minimum absolute atomic E-state index is 0.0722. The Morgan fingerprint density at radius 3 is 2.82 bits per heavy atom. The van der Waals surface area contributed by atoms with Gasteiger partial charge < -0.3 is 14.6 Å². The van der Waals surface area contributed by atoms with Crippen molar-refractivity contribution in [3.8, 4) is 5.75 Å². The van der Waals surface area contributed by atoms with Crippen LogP contribution in [0.15, 0.2) is 60.7 Å². The van der Waals surface area contributed by atoms with Gasteiger partial charge in [0, 0.05) is 23.1 Å². The Bertz CT molecular complexity index is 1210. The van der Waals surface area contributed by atoms with Gasteiger partial charge in [0.25, 0.3) is 5.91 Å². The van der Waals surface area contributed by atoms with Gasteiger partial charge in [-0.25, -0.2) is 0 Å². The topological polar surface area (TPSA) is 45.3 Å². The lowest BCUT2D eigenvalue weighted by molar-refractivity contribution is 0.0981. The molecule has 0 saturated heterocycles. The number of carbonyl (C=O) groups excluding carboxylic acids is 1. The minimum atomic E-state index is -0.119. The molecular formula is C23H19ClN2O2. The molecule has 0 fully saturated rings. The molecule has 1 amide bonds. The number of hydrogen-bond acceptors (Lipinski definition) is 2. The molecule has 5 heteroatoms. The molecule has 1 N–H and O–H groups in total. The number of hydrogen-bond donors (Lipinski definition) is 1. The first-order valence-corrected chi connectivity index (χ1v) is 9.71. The van der Waals surface area contributed by atoms with Crippen LogP contribution in [0.3, 0.4) is 0 Å². The number of nitrogens with one attached hydrogen (secondary N) is 1. The summed E-state index contributed by atoms with van der Waals surface area (Å²) in [7, 11) is 1.63. The maximum absolute atomic E-state index is 13.4. The lowest BCUT2D eigenvalue weighted by Crippen LogP contribution is -2.40. The molecule has 28 heavy (non-hydrogen) atoms. The third-order valence-electron chi connectivity index (χ3n) is 5.42. The molecule has 0 spiro atoms. The molecule has 0 aliphatic carbocycles. The fraction of sp³-hybridized carbons (Fsp3) is 0.174. The third kappa shape index (κ3) is 2.72. The SMILES string of the molecule is COc1ccc2[nH]c(C(=O)N3CC(Cl)Cc4c3ccc3ccccc43)cc2c1. The van der Waals surface area contributed by atoms with Crippen molar-refractivity contribution < 1.29 is 9.53 Å². The summed E-state index contributed by atoms with van der Waals surface area (Å²) in [5.41, 5.74) is 3.53. The molecule has 140 valence electrons. The number of alkyl halides is 1. The van der Waals surface area contributed by atoms with Gasteiger partial charge in [0.15, 0.2) is 0 Å². The summed E-state index contributed by atoms with van der Waals surface area (Å²) in [6, 6.07) is 19.9. The summed E-state index contributed by atoms with van der Waals surface area (Å²) in [5.74, 6) is 0.693. The van der Waals surface area contributed by atoms with Crippen molar-refractivity contribution in [3.05, 3.63) is 71.9 Å². The zero-order valence-corrected chi connectivity index (χ0v) is 16.2. The second-order valence-corrected chi connectivity index (χ2v) is 7.75. The fourth-order valence-corrected chi connectivity index (χ4v) is 4.36. The van der Waals surface area contributed by atoms with Crippen molar-refractivity contribution in [2.24, 2.45) is 0 Å². The van der Waals surface area contributed by atoms with E-state index in [0.29, 0.717) is 12.2 Å². The molecular weight excluding hydrogens is 372 g/mol. The van der Waals surface area contributed by atoms with Gasteiger partial charge in [-0.3, -0.25) is 4.79 Å². The molecule has 4 nitrogen and oxygen atoms in total. The van der Waals surface area contributed by atoms with Crippen LogP contribution < -0.4 is 9.64 Å². The highest BCUT2D eigenvalue weighted by atomic mass is 35.5. The molecule has 1 aliphatic heterocycles. The molecule has 0 radical (unpaired) electrons. The number of aromatic amines is 1. The Labute approximate surface area is 167 Å². The number of amides is 1. The number of ether oxygens (including phenoxy) is 1. The summed E-state index contributed by atoms with van der Waals surface area (Å²) < 4.78 is 5.28. The summed E-state index contributed by atoms with van der Waals surface area (Å²) in [6.45, 7) is 0.490. The quantitative estimate of drug-likeness (QED) is 0.482. The van der Waals surface area contributed by atoms with Crippen LogP contribution in [0, 0.1) is 0 Å². The summed E-state index contributed by atoms with van der Waals surface area (Å²) >= 11 is 6.57. The van der Waals surface area contributed by atoms with Gasteiger partial charge in [-0.1, -0.05) is 30.3 Å². The minimum Gasteiger partial charge on any atom is -0.497 e.